The number of hydrogen-bond acceptors (Lipinski definition) is 5. The van der Waals surface area contributed by atoms with Gasteiger partial charge in [-0.1, -0.05) is 11.6 Å². The van der Waals surface area contributed by atoms with Gasteiger partial charge in [0, 0.05) is 24.5 Å². The quantitative estimate of drug-likeness (QED) is 0.855. The lowest BCUT2D eigenvalue weighted by molar-refractivity contribution is 0.137. The van der Waals surface area contributed by atoms with Gasteiger partial charge in [-0.05, 0) is 6.07 Å². The molecule has 0 bridgehead atoms. The maximum atomic E-state index is 6.05. The molecule has 2 heterocycles. The molecule has 1 aliphatic rings. The van der Waals surface area contributed by atoms with Crippen LogP contribution in [0.1, 0.15) is 0 Å². The second-order valence-corrected chi connectivity index (χ2v) is 4.44. The standard InChI is InChI=1S/C12H12ClN3O2/c1-17-10-3-9-8(12(13)16-6-15-9)2-11(10)18-7-4-14-5-7/h2-3,6-7,14H,4-5H2,1H3. The van der Waals surface area contributed by atoms with Gasteiger partial charge in [0.2, 0.25) is 0 Å². The second kappa shape index (κ2) is 4.59. The molecule has 0 atom stereocenters. The summed E-state index contributed by atoms with van der Waals surface area (Å²) in [6, 6.07) is 3.64. The monoisotopic (exact) mass is 265 g/mol. The highest BCUT2D eigenvalue weighted by Crippen LogP contribution is 2.34. The van der Waals surface area contributed by atoms with E-state index in [2.05, 4.69) is 15.3 Å². The molecular formula is C12H12ClN3O2. The summed E-state index contributed by atoms with van der Waals surface area (Å²) in [6.07, 6.45) is 1.61. The molecule has 1 aromatic heterocycles. The van der Waals surface area contributed by atoms with Crippen LogP contribution in [0.5, 0.6) is 11.5 Å². The van der Waals surface area contributed by atoms with Gasteiger partial charge in [-0.2, -0.15) is 0 Å². The van der Waals surface area contributed by atoms with Gasteiger partial charge in [-0.3, -0.25) is 0 Å². The summed E-state index contributed by atoms with van der Waals surface area (Å²) in [5.41, 5.74) is 0.742. The number of ether oxygens (including phenoxy) is 2. The average molecular weight is 266 g/mol. The SMILES string of the molecule is COc1cc2ncnc(Cl)c2cc1OC1CNC1. The van der Waals surface area contributed by atoms with Crippen molar-refractivity contribution in [1.82, 2.24) is 15.3 Å². The highest BCUT2D eigenvalue weighted by Gasteiger charge is 2.21. The van der Waals surface area contributed by atoms with Crippen LogP contribution in [0.2, 0.25) is 5.15 Å². The van der Waals surface area contributed by atoms with Crippen molar-refractivity contribution in [2.24, 2.45) is 0 Å². The van der Waals surface area contributed by atoms with Crippen LogP contribution >= 0.6 is 11.6 Å². The van der Waals surface area contributed by atoms with E-state index in [0.29, 0.717) is 16.7 Å². The van der Waals surface area contributed by atoms with E-state index < -0.39 is 0 Å². The first-order chi connectivity index (χ1) is 8.78. The first-order valence-corrected chi connectivity index (χ1v) is 6.01. The summed E-state index contributed by atoms with van der Waals surface area (Å²) in [6.45, 7) is 1.69. The fourth-order valence-electron chi connectivity index (χ4n) is 1.81. The maximum absolute atomic E-state index is 6.05. The van der Waals surface area contributed by atoms with Crippen molar-refractivity contribution in [3.05, 3.63) is 23.6 Å². The van der Waals surface area contributed by atoms with E-state index >= 15 is 0 Å². The lowest BCUT2D eigenvalue weighted by Gasteiger charge is -2.28. The van der Waals surface area contributed by atoms with Gasteiger partial charge in [0.15, 0.2) is 11.5 Å². The molecule has 1 saturated heterocycles. The van der Waals surface area contributed by atoms with E-state index in [4.69, 9.17) is 21.1 Å². The Labute approximate surface area is 109 Å². The molecule has 0 unspecified atom stereocenters. The number of halogens is 1. The fraction of sp³-hybridized carbons (Fsp3) is 0.333. The molecular weight excluding hydrogens is 254 g/mol. The van der Waals surface area contributed by atoms with Crippen LogP contribution in [0.4, 0.5) is 0 Å². The van der Waals surface area contributed by atoms with Gasteiger partial charge in [-0.25, -0.2) is 9.97 Å². The Balaban J connectivity index is 2.07. The molecule has 94 valence electrons. The Morgan fingerprint density at radius 1 is 1.28 bits per heavy atom. The number of fused-ring (bicyclic) bond motifs is 1. The predicted molar refractivity (Wildman–Crippen MR) is 68.4 cm³/mol. The molecule has 1 fully saturated rings. The lowest BCUT2D eigenvalue weighted by Crippen LogP contribution is -2.50. The Kier molecular flexibility index (Phi) is 2.93. The summed E-state index contributed by atoms with van der Waals surface area (Å²) >= 11 is 6.05. The zero-order valence-electron chi connectivity index (χ0n) is 9.81. The zero-order chi connectivity index (χ0) is 12.5. The van der Waals surface area contributed by atoms with Gasteiger partial charge in [0.1, 0.15) is 17.6 Å². The smallest absolute Gasteiger partial charge is 0.162 e. The summed E-state index contributed by atoms with van der Waals surface area (Å²) in [5.74, 6) is 1.33. The van der Waals surface area contributed by atoms with Crippen LogP contribution in [-0.2, 0) is 0 Å². The number of rotatable bonds is 3. The van der Waals surface area contributed by atoms with Crippen molar-refractivity contribution in [3.8, 4) is 11.5 Å². The minimum Gasteiger partial charge on any atom is -0.493 e. The van der Waals surface area contributed by atoms with Crippen LogP contribution < -0.4 is 14.8 Å². The van der Waals surface area contributed by atoms with Gasteiger partial charge >= 0.3 is 0 Å². The third-order valence-electron chi connectivity index (χ3n) is 2.91. The molecule has 0 saturated carbocycles. The second-order valence-electron chi connectivity index (χ2n) is 4.08. The van der Waals surface area contributed by atoms with Gasteiger partial charge in [-0.15, -0.1) is 0 Å². The van der Waals surface area contributed by atoms with E-state index in [0.717, 1.165) is 24.0 Å². The van der Waals surface area contributed by atoms with Crippen LogP contribution in [0, 0.1) is 0 Å². The van der Waals surface area contributed by atoms with Crippen molar-refractivity contribution in [1.29, 1.82) is 0 Å². The van der Waals surface area contributed by atoms with E-state index in [1.807, 2.05) is 12.1 Å². The van der Waals surface area contributed by atoms with Crippen molar-refractivity contribution in [2.45, 2.75) is 6.10 Å². The minimum absolute atomic E-state index is 0.180. The van der Waals surface area contributed by atoms with E-state index in [1.54, 1.807) is 7.11 Å². The zero-order valence-corrected chi connectivity index (χ0v) is 10.6. The lowest BCUT2D eigenvalue weighted by atomic mass is 10.2. The molecule has 0 radical (unpaired) electrons. The van der Waals surface area contributed by atoms with E-state index in [1.165, 1.54) is 6.33 Å². The highest BCUT2D eigenvalue weighted by molar-refractivity contribution is 6.34. The normalized spacial score (nSPS) is 15.4. The number of hydrogen-bond donors (Lipinski definition) is 1. The fourth-order valence-corrected chi connectivity index (χ4v) is 2.00. The Bertz CT molecular complexity index is 587. The summed E-state index contributed by atoms with van der Waals surface area (Å²) in [4.78, 5) is 8.12. The van der Waals surface area contributed by atoms with Gasteiger partial charge in [0.25, 0.3) is 0 Å². The summed E-state index contributed by atoms with van der Waals surface area (Å²) in [5, 5.41) is 4.33. The number of nitrogens with zero attached hydrogens (tertiary/aromatic N) is 2. The highest BCUT2D eigenvalue weighted by atomic mass is 35.5. The summed E-state index contributed by atoms with van der Waals surface area (Å²) < 4.78 is 11.1. The maximum Gasteiger partial charge on any atom is 0.162 e. The van der Waals surface area contributed by atoms with E-state index in [9.17, 15) is 0 Å². The summed E-state index contributed by atoms with van der Waals surface area (Å²) in [7, 11) is 1.61. The van der Waals surface area contributed by atoms with Crippen LogP contribution in [0.3, 0.4) is 0 Å². The van der Waals surface area contributed by atoms with Crippen LogP contribution in [0.25, 0.3) is 10.9 Å². The van der Waals surface area contributed by atoms with Crippen molar-refractivity contribution < 1.29 is 9.47 Å². The Morgan fingerprint density at radius 3 is 2.78 bits per heavy atom. The van der Waals surface area contributed by atoms with Crippen molar-refractivity contribution in [2.75, 3.05) is 20.2 Å². The Morgan fingerprint density at radius 2 is 2.11 bits per heavy atom. The van der Waals surface area contributed by atoms with Gasteiger partial charge in [0.05, 0.1) is 12.6 Å². The molecule has 1 aromatic carbocycles. The molecule has 3 rings (SSSR count). The molecule has 1 N–H and O–H groups in total. The molecule has 5 nitrogen and oxygen atoms in total. The molecule has 6 heteroatoms. The first-order valence-electron chi connectivity index (χ1n) is 5.63. The third-order valence-corrected chi connectivity index (χ3v) is 3.21. The molecule has 18 heavy (non-hydrogen) atoms. The number of benzene rings is 1. The van der Waals surface area contributed by atoms with E-state index in [-0.39, 0.29) is 6.10 Å². The van der Waals surface area contributed by atoms with Crippen LogP contribution in [-0.4, -0.2) is 36.3 Å². The largest absolute Gasteiger partial charge is 0.493 e. The number of nitrogens with one attached hydrogen (secondary N) is 1. The average Bonchev–Trinajstić information content (AvgIpc) is 2.33. The predicted octanol–water partition coefficient (Wildman–Crippen LogP) is 1.64. The van der Waals surface area contributed by atoms with Crippen molar-refractivity contribution >= 4 is 22.5 Å². The first kappa shape index (κ1) is 11.5. The number of methoxy groups -OCH3 is 1. The number of aromatic nitrogens is 2. The molecule has 0 spiro atoms. The van der Waals surface area contributed by atoms with Crippen LogP contribution in [0.15, 0.2) is 18.5 Å². The Hall–Kier alpha value is -1.59. The molecule has 0 amide bonds. The minimum atomic E-state index is 0.180. The molecule has 0 aliphatic carbocycles. The molecule has 1 aliphatic heterocycles. The van der Waals surface area contributed by atoms with Gasteiger partial charge < -0.3 is 14.8 Å². The molecule has 2 aromatic rings. The van der Waals surface area contributed by atoms with Crippen molar-refractivity contribution in [3.63, 3.8) is 0 Å². The third kappa shape index (κ3) is 1.95. The topological polar surface area (TPSA) is 56.3 Å².